The Balaban J connectivity index is 2.59. The van der Waals surface area contributed by atoms with E-state index < -0.39 is 0 Å². The van der Waals surface area contributed by atoms with E-state index in [-0.39, 0.29) is 5.92 Å². The molecule has 0 unspecified atom stereocenters. The van der Waals surface area contributed by atoms with Gasteiger partial charge in [-0.25, -0.2) is 0 Å². The summed E-state index contributed by atoms with van der Waals surface area (Å²) in [6.45, 7) is 6.25. The van der Waals surface area contributed by atoms with Crippen LogP contribution in [0.4, 0.5) is 0 Å². The van der Waals surface area contributed by atoms with Crippen LogP contribution in [0.15, 0.2) is 12.2 Å². The van der Waals surface area contributed by atoms with Crippen LogP contribution in [0.1, 0.15) is 33.6 Å². The molecule has 1 aliphatic carbocycles. The SMILES string of the molecule is C/C=C/[C@H]1CC(=O)[C@H](C)[C@H](C)C1. The van der Waals surface area contributed by atoms with Gasteiger partial charge in [-0.1, -0.05) is 26.0 Å². The predicted molar refractivity (Wildman–Crippen MR) is 50.9 cm³/mol. The zero-order chi connectivity index (χ0) is 9.14. The quantitative estimate of drug-likeness (QED) is 0.547. The molecule has 1 aliphatic rings. The number of rotatable bonds is 1. The molecule has 1 fully saturated rings. The molecule has 12 heavy (non-hydrogen) atoms. The molecule has 0 saturated heterocycles. The maximum absolute atomic E-state index is 11.5. The molecule has 0 aliphatic heterocycles. The largest absolute Gasteiger partial charge is 0.299 e. The highest BCUT2D eigenvalue weighted by atomic mass is 16.1. The smallest absolute Gasteiger partial charge is 0.136 e. The minimum atomic E-state index is 0.284. The van der Waals surface area contributed by atoms with Gasteiger partial charge in [0.05, 0.1) is 0 Å². The van der Waals surface area contributed by atoms with Crippen LogP contribution in [0.3, 0.4) is 0 Å². The number of allylic oxidation sites excluding steroid dienone is 2. The fourth-order valence-electron chi connectivity index (χ4n) is 1.95. The van der Waals surface area contributed by atoms with E-state index in [1.54, 1.807) is 0 Å². The molecular weight excluding hydrogens is 148 g/mol. The summed E-state index contributed by atoms with van der Waals surface area (Å²) in [4.78, 5) is 11.5. The third-order valence-electron chi connectivity index (χ3n) is 2.96. The van der Waals surface area contributed by atoms with Crippen LogP contribution in [0.2, 0.25) is 0 Å². The highest BCUT2D eigenvalue weighted by molar-refractivity contribution is 5.82. The van der Waals surface area contributed by atoms with Gasteiger partial charge in [0.2, 0.25) is 0 Å². The van der Waals surface area contributed by atoms with Gasteiger partial charge < -0.3 is 0 Å². The maximum atomic E-state index is 11.5. The average Bonchev–Trinajstić information content (AvgIpc) is 2.01. The molecule has 0 bridgehead atoms. The molecule has 0 radical (unpaired) electrons. The van der Waals surface area contributed by atoms with Crippen LogP contribution in [0.5, 0.6) is 0 Å². The second kappa shape index (κ2) is 3.88. The first kappa shape index (κ1) is 9.50. The fraction of sp³-hybridized carbons (Fsp3) is 0.727. The van der Waals surface area contributed by atoms with Crippen molar-refractivity contribution in [1.29, 1.82) is 0 Å². The molecule has 1 nitrogen and oxygen atoms in total. The van der Waals surface area contributed by atoms with Crippen LogP contribution in [-0.4, -0.2) is 5.78 Å². The molecule has 0 spiro atoms. The Morgan fingerprint density at radius 1 is 1.42 bits per heavy atom. The summed E-state index contributed by atoms with van der Waals surface area (Å²) in [5.74, 6) is 1.80. The minimum absolute atomic E-state index is 0.284. The van der Waals surface area contributed by atoms with Crippen LogP contribution in [-0.2, 0) is 4.79 Å². The molecule has 0 amide bonds. The first-order valence-electron chi connectivity index (χ1n) is 4.80. The van der Waals surface area contributed by atoms with Crippen molar-refractivity contribution in [1.82, 2.24) is 0 Å². The number of carbonyl (C=O) groups is 1. The van der Waals surface area contributed by atoms with Crippen LogP contribution < -0.4 is 0 Å². The van der Waals surface area contributed by atoms with E-state index in [0.717, 1.165) is 6.42 Å². The summed E-state index contributed by atoms with van der Waals surface area (Å²) in [5, 5.41) is 0. The third kappa shape index (κ3) is 1.96. The molecule has 1 rings (SSSR count). The summed E-state index contributed by atoms with van der Waals surface area (Å²) in [6.07, 6.45) is 6.16. The first-order valence-corrected chi connectivity index (χ1v) is 4.80. The second-order valence-electron chi connectivity index (χ2n) is 3.96. The van der Waals surface area contributed by atoms with E-state index in [4.69, 9.17) is 0 Å². The highest BCUT2D eigenvalue weighted by Crippen LogP contribution is 2.31. The van der Waals surface area contributed by atoms with Crippen molar-refractivity contribution in [3.63, 3.8) is 0 Å². The second-order valence-corrected chi connectivity index (χ2v) is 3.96. The molecule has 0 aromatic rings. The molecule has 0 aromatic heterocycles. The zero-order valence-corrected chi connectivity index (χ0v) is 8.21. The van der Waals surface area contributed by atoms with Gasteiger partial charge in [-0.2, -0.15) is 0 Å². The Hall–Kier alpha value is -0.590. The lowest BCUT2D eigenvalue weighted by Gasteiger charge is -2.29. The van der Waals surface area contributed by atoms with Crippen LogP contribution in [0, 0.1) is 17.8 Å². The summed E-state index contributed by atoms with van der Waals surface area (Å²) in [5.41, 5.74) is 0. The highest BCUT2D eigenvalue weighted by Gasteiger charge is 2.29. The fourth-order valence-corrected chi connectivity index (χ4v) is 1.95. The van der Waals surface area contributed by atoms with E-state index in [0.29, 0.717) is 17.6 Å². The molecule has 1 saturated carbocycles. The van der Waals surface area contributed by atoms with Gasteiger partial charge >= 0.3 is 0 Å². The van der Waals surface area contributed by atoms with Crippen molar-refractivity contribution in [2.75, 3.05) is 0 Å². The lowest BCUT2D eigenvalue weighted by molar-refractivity contribution is -0.126. The topological polar surface area (TPSA) is 17.1 Å². The number of ketones is 1. The van der Waals surface area contributed by atoms with Crippen molar-refractivity contribution < 1.29 is 4.79 Å². The number of hydrogen-bond acceptors (Lipinski definition) is 1. The van der Waals surface area contributed by atoms with Gasteiger partial charge in [0.15, 0.2) is 0 Å². The predicted octanol–water partition coefficient (Wildman–Crippen LogP) is 2.81. The van der Waals surface area contributed by atoms with Crippen LogP contribution in [0.25, 0.3) is 0 Å². The summed E-state index contributed by atoms with van der Waals surface area (Å²) in [6, 6.07) is 0. The number of hydrogen-bond donors (Lipinski definition) is 0. The van der Waals surface area contributed by atoms with Gasteiger partial charge in [0, 0.05) is 12.3 Å². The number of Topliss-reactive ketones (excluding diaryl/α,β-unsaturated/α-hetero) is 1. The van der Waals surface area contributed by atoms with E-state index >= 15 is 0 Å². The van der Waals surface area contributed by atoms with Crippen molar-refractivity contribution in [3.05, 3.63) is 12.2 Å². The van der Waals surface area contributed by atoms with Gasteiger partial charge in [-0.3, -0.25) is 4.79 Å². The first-order chi connectivity index (χ1) is 5.65. The molecular formula is C11H18O. The Morgan fingerprint density at radius 2 is 2.08 bits per heavy atom. The summed E-state index contributed by atoms with van der Waals surface area (Å²) in [7, 11) is 0. The Labute approximate surface area is 74.9 Å². The summed E-state index contributed by atoms with van der Waals surface area (Å²) >= 11 is 0. The van der Waals surface area contributed by atoms with Crippen molar-refractivity contribution in [3.8, 4) is 0 Å². The zero-order valence-electron chi connectivity index (χ0n) is 8.21. The van der Waals surface area contributed by atoms with Crippen molar-refractivity contribution >= 4 is 5.78 Å². The Morgan fingerprint density at radius 3 is 2.58 bits per heavy atom. The Bertz CT molecular complexity index is 193. The van der Waals surface area contributed by atoms with Gasteiger partial charge in [-0.05, 0) is 25.2 Å². The lowest BCUT2D eigenvalue weighted by atomic mass is 9.75. The molecule has 0 aromatic carbocycles. The molecule has 0 heterocycles. The molecule has 1 heteroatoms. The third-order valence-corrected chi connectivity index (χ3v) is 2.96. The molecule has 3 atom stereocenters. The van der Waals surface area contributed by atoms with E-state index in [1.807, 2.05) is 6.92 Å². The maximum Gasteiger partial charge on any atom is 0.136 e. The van der Waals surface area contributed by atoms with Crippen molar-refractivity contribution in [2.24, 2.45) is 17.8 Å². The van der Waals surface area contributed by atoms with E-state index in [9.17, 15) is 4.79 Å². The molecule has 68 valence electrons. The normalized spacial score (nSPS) is 37.6. The standard InChI is InChI=1S/C11H18O/c1-4-5-10-6-8(2)9(3)11(12)7-10/h4-5,8-10H,6-7H2,1-3H3/b5-4+/t8-,9-,10-/m1/s1. The average molecular weight is 166 g/mol. The monoisotopic (exact) mass is 166 g/mol. The van der Waals surface area contributed by atoms with Crippen LogP contribution >= 0.6 is 0 Å². The van der Waals surface area contributed by atoms with E-state index in [2.05, 4.69) is 26.0 Å². The minimum Gasteiger partial charge on any atom is -0.299 e. The number of carbonyl (C=O) groups excluding carboxylic acids is 1. The van der Waals surface area contributed by atoms with E-state index in [1.165, 1.54) is 6.42 Å². The van der Waals surface area contributed by atoms with Gasteiger partial charge in [0.25, 0.3) is 0 Å². The lowest BCUT2D eigenvalue weighted by Crippen LogP contribution is -2.28. The Kier molecular flexibility index (Phi) is 3.07. The van der Waals surface area contributed by atoms with Crippen molar-refractivity contribution in [2.45, 2.75) is 33.6 Å². The van der Waals surface area contributed by atoms with Gasteiger partial charge in [-0.15, -0.1) is 0 Å². The molecule has 0 N–H and O–H groups in total. The van der Waals surface area contributed by atoms with Gasteiger partial charge in [0.1, 0.15) is 5.78 Å². The summed E-state index contributed by atoms with van der Waals surface area (Å²) < 4.78 is 0.